The molecule has 6 heteroatoms. The third-order valence-corrected chi connectivity index (χ3v) is 2.15. The third kappa shape index (κ3) is 3.61. The molecule has 1 rings (SSSR count). The summed E-state index contributed by atoms with van der Waals surface area (Å²) in [5.74, 6) is 0.116. The summed E-state index contributed by atoms with van der Waals surface area (Å²) in [5.41, 5.74) is 4.86. The lowest BCUT2D eigenvalue weighted by Crippen LogP contribution is -2.39. The molecular formula is C8H16N4O2. The first-order valence-electron chi connectivity index (χ1n) is 4.72. The van der Waals surface area contributed by atoms with E-state index in [9.17, 15) is 9.59 Å². The van der Waals surface area contributed by atoms with Gasteiger partial charge in [0, 0.05) is 19.6 Å². The van der Waals surface area contributed by atoms with Crippen molar-refractivity contribution < 1.29 is 9.59 Å². The van der Waals surface area contributed by atoms with Gasteiger partial charge in [0.2, 0.25) is 5.91 Å². The number of rotatable bonds is 4. The second kappa shape index (κ2) is 5.43. The Morgan fingerprint density at radius 2 is 2.07 bits per heavy atom. The number of carbonyl (C=O) groups is 2. The van der Waals surface area contributed by atoms with Gasteiger partial charge >= 0.3 is 6.03 Å². The molecule has 0 saturated carbocycles. The monoisotopic (exact) mass is 200 g/mol. The number of nitrogens with two attached hydrogens (primary N) is 1. The summed E-state index contributed by atoms with van der Waals surface area (Å²) in [6, 6.07) is -0.568. The lowest BCUT2D eigenvalue weighted by atomic mass is 10.1. The lowest BCUT2D eigenvalue weighted by molar-refractivity contribution is -0.124. The fourth-order valence-corrected chi connectivity index (χ4v) is 1.39. The summed E-state index contributed by atoms with van der Waals surface area (Å²) in [4.78, 5) is 21.7. The summed E-state index contributed by atoms with van der Waals surface area (Å²) in [7, 11) is 0. The molecule has 1 aliphatic rings. The van der Waals surface area contributed by atoms with Crippen LogP contribution in [0, 0.1) is 5.92 Å². The van der Waals surface area contributed by atoms with Crippen molar-refractivity contribution in [3.05, 3.63) is 0 Å². The maximum atomic E-state index is 11.4. The quantitative estimate of drug-likeness (QED) is 0.411. The Labute approximate surface area is 82.6 Å². The first-order chi connectivity index (χ1) is 6.70. The molecule has 0 bridgehead atoms. The Balaban J connectivity index is 2.05. The molecule has 0 radical (unpaired) electrons. The maximum Gasteiger partial charge on any atom is 0.312 e. The summed E-state index contributed by atoms with van der Waals surface area (Å²) in [5, 5.41) is 8.24. The van der Waals surface area contributed by atoms with Crippen molar-refractivity contribution in [2.24, 2.45) is 11.7 Å². The van der Waals surface area contributed by atoms with Crippen LogP contribution in [0.15, 0.2) is 0 Å². The van der Waals surface area contributed by atoms with Crippen LogP contribution in [0.25, 0.3) is 0 Å². The van der Waals surface area contributed by atoms with E-state index < -0.39 is 6.03 Å². The second-order valence-corrected chi connectivity index (χ2v) is 3.27. The van der Waals surface area contributed by atoms with Gasteiger partial charge < -0.3 is 21.7 Å². The molecule has 0 aromatic heterocycles. The molecule has 1 aliphatic heterocycles. The Kier molecular flexibility index (Phi) is 4.18. The molecular weight excluding hydrogens is 184 g/mol. The zero-order valence-corrected chi connectivity index (χ0v) is 8.01. The van der Waals surface area contributed by atoms with Crippen LogP contribution >= 0.6 is 0 Å². The molecule has 1 atom stereocenters. The predicted octanol–water partition coefficient (Wildman–Crippen LogP) is -1.62. The van der Waals surface area contributed by atoms with Gasteiger partial charge in [0.05, 0.1) is 5.92 Å². The van der Waals surface area contributed by atoms with Gasteiger partial charge in [0.25, 0.3) is 0 Å². The van der Waals surface area contributed by atoms with Crippen molar-refractivity contribution in [1.82, 2.24) is 16.0 Å². The minimum absolute atomic E-state index is 0.0428. The SMILES string of the molecule is NC(=O)NCCNC(=O)C1CCNC1. The highest BCUT2D eigenvalue weighted by atomic mass is 16.2. The molecule has 0 aliphatic carbocycles. The molecule has 5 N–H and O–H groups in total. The van der Waals surface area contributed by atoms with Crippen LogP contribution in [0.5, 0.6) is 0 Å². The number of hydrogen-bond acceptors (Lipinski definition) is 3. The van der Waals surface area contributed by atoms with Gasteiger partial charge in [0.1, 0.15) is 0 Å². The Bertz CT molecular complexity index is 213. The van der Waals surface area contributed by atoms with E-state index in [4.69, 9.17) is 5.73 Å². The van der Waals surface area contributed by atoms with Gasteiger partial charge in [-0.15, -0.1) is 0 Å². The Hall–Kier alpha value is -1.30. The highest BCUT2D eigenvalue weighted by molar-refractivity contribution is 5.79. The molecule has 0 spiro atoms. The second-order valence-electron chi connectivity index (χ2n) is 3.27. The van der Waals surface area contributed by atoms with E-state index >= 15 is 0 Å². The molecule has 0 aromatic rings. The molecule has 6 nitrogen and oxygen atoms in total. The van der Waals surface area contributed by atoms with Gasteiger partial charge in [-0.25, -0.2) is 4.79 Å². The molecule has 1 heterocycles. The smallest absolute Gasteiger partial charge is 0.312 e. The molecule has 1 saturated heterocycles. The van der Waals surface area contributed by atoms with Crippen molar-refractivity contribution >= 4 is 11.9 Å². The molecule has 80 valence electrons. The van der Waals surface area contributed by atoms with Gasteiger partial charge in [-0.05, 0) is 13.0 Å². The molecule has 14 heavy (non-hydrogen) atoms. The Morgan fingerprint density at radius 3 is 2.64 bits per heavy atom. The summed E-state index contributed by atoms with van der Waals surface area (Å²) < 4.78 is 0. The maximum absolute atomic E-state index is 11.4. The van der Waals surface area contributed by atoms with Crippen LogP contribution in [-0.4, -0.2) is 38.1 Å². The van der Waals surface area contributed by atoms with E-state index in [1.807, 2.05) is 0 Å². The number of urea groups is 1. The number of carbonyl (C=O) groups excluding carboxylic acids is 2. The summed E-state index contributed by atoms with van der Waals surface area (Å²) in [6.07, 6.45) is 0.884. The largest absolute Gasteiger partial charge is 0.354 e. The van der Waals surface area contributed by atoms with Gasteiger partial charge in [-0.2, -0.15) is 0 Å². The number of primary amides is 1. The number of hydrogen-bond donors (Lipinski definition) is 4. The van der Waals surface area contributed by atoms with Crippen LogP contribution in [0.2, 0.25) is 0 Å². The van der Waals surface area contributed by atoms with Crippen molar-refractivity contribution in [2.45, 2.75) is 6.42 Å². The van der Waals surface area contributed by atoms with Crippen LogP contribution in [0.3, 0.4) is 0 Å². The van der Waals surface area contributed by atoms with Gasteiger partial charge in [0.15, 0.2) is 0 Å². The van der Waals surface area contributed by atoms with Crippen molar-refractivity contribution in [3.63, 3.8) is 0 Å². The highest BCUT2D eigenvalue weighted by Gasteiger charge is 2.21. The van der Waals surface area contributed by atoms with E-state index in [0.717, 1.165) is 19.5 Å². The van der Waals surface area contributed by atoms with E-state index in [1.165, 1.54) is 0 Å². The summed E-state index contributed by atoms with van der Waals surface area (Å²) in [6.45, 7) is 2.45. The van der Waals surface area contributed by atoms with E-state index in [1.54, 1.807) is 0 Å². The van der Waals surface area contributed by atoms with Crippen LogP contribution < -0.4 is 21.7 Å². The average Bonchev–Trinajstić information content (AvgIpc) is 2.64. The van der Waals surface area contributed by atoms with E-state index in [2.05, 4.69) is 16.0 Å². The lowest BCUT2D eigenvalue weighted by Gasteiger charge is -2.09. The fraction of sp³-hybridized carbons (Fsp3) is 0.750. The summed E-state index contributed by atoms with van der Waals surface area (Å²) >= 11 is 0. The van der Waals surface area contributed by atoms with E-state index in [-0.39, 0.29) is 11.8 Å². The van der Waals surface area contributed by atoms with Gasteiger partial charge in [-0.1, -0.05) is 0 Å². The molecule has 1 unspecified atom stereocenters. The normalized spacial score (nSPS) is 20.4. The minimum atomic E-state index is -0.568. The van der Waals surface area contributed by atoms with Crippen LogP contribution in [-0.2, 0) is 4.79 Å². The van der Waals surface area contributed by atoms with Crippen LogP contribution in [0.1, 0.15) is 6.42 Å². The zero-order chi connectivity index (χ0) is 10.4. The topological polar surface area (TPSA) is 96.2 Å². The third-order valence-electron chi connectivity index (χ3n) is 2.15. The standard InChI is InChI=1S/C8H16N4O2/c9-8(14)12-4-3-11-7(13)6-1-2-10-5-6/h6,10H,1-5H2,(H,11,13)(H3,9,12,14). The molecule has 3 amide bonds. The van der Waals surface area contributed by atoms with Crippen molar-refractivity contribution in [1.29, 1.82) is 0 Å². The van der Waals surface area contributed by atoms with E-state index in [0.29, 0.717) is 13.1 Å². The number of nitrogens with one attached hydrogen (secondary N) is 3. The number of amides is 3. The van der Waals surface area contributed by atoms with Crippen molar-refractivity contribution in [3.8, 4) is 0 Å². The fourth-order valence-electron chi connectivity index (χ4n) is 1.39. The molecule has 0 aromatic carbocycles. The minimum Gasteiger partial charge on any atom is -0.354 e. The highest BCUT2D eigenvalue weighted by Crippen LogP contribution is 2.06. The van der Waals surface area contributed by atoms with Gasteiger partial charge in [-0.3, -0.25) is 4.79 Å². The Morgan fingerprint density at radius 1 is 1.36 bits per heavy atom. The van der Waals surface area contributed by atoms with Crippen LogP contribution in [0.4, 0.5) is 4.79 Å². The average molecular weight is 200 g/mol. The van der Waals surface area contributed by atoms with Crippen molar-refractivity contribution in [2.75, 3.05) is 26.2 Å². The first-order valence-corrected chi connectivity index (χ1v) is 4.72. The first kappa shape index (κ1) is 10.8. The predicted molar refractivity (Wildman–Crippen MR) is 51.6 cm³/mol. The molecule has 1 fully saturated rings. The zero-order valence-electron chi connectivity index (χ0n) is 8.01.